The highest BCUT2D eigenvalue weighted by Gasteiger charge is 2.52. The molecule has 4 rings (SSSR count). The van der Waals surface area contributed by atoms with Gasteiger partial charge in [0, 0.05) is 19.0 Å². The Morgan fingerprint density at radius 1 is 1.12 bits per heavy atom. The molecule has 0 N–H and O–H groups in total. The number of ether oxygens (including phenoxy) is 1. The van der Waals surface area contributed by atoms with E-state index in [0.29, 0.717) is 17.4 Å². The minimum atomic E-state index is -3.42. The Hall–Kier alpha value is -0.950. The normalized spacial score (nSPS) is 30.4. The van der Waals surface area contributed by atoms with E-state index in [1.165, 1.54) is 25.9 Å². The number of piperidine rings is 1. The van der Waals surface area contributed by atoms with Crippen LogP contribution in [0.3, 0.4) is 0 Å². The van der Waals surface area contributed by atoms with E-state index in [9.17, 15) is 8.42 Å². The second-order valence-corrected chi connectivity index (χ2v) is 9.57. The first kappa shape index (κ1) is 17.5. The van der Waals surface area contributed by atoms with Crippen molar-refractivity contribution in [1.29, 1.82) is 0 Å². The van der Waals surface area contributed by atoms with E-state index in [-0.39, 0.29) is 12.1 Å². The van der Waals surface area contributed by atoms with Crippen molar-refractivity contribution in [2.24, 2.45) is 5.92 Å². The van der Waals surface area contributed by atoms with Crippen LogP contribution < -0.4 is 0 Å². The predicted molar refractivity (Wildman–Crippen MR) is 97.0 cm³/mol. The van der Waals surface area contributed by atoms with E-state index < -0.39 is 10.0 Å². The van der Waals surface area contributed by atoms with Crippen LogP contribution in [0.1, 0.15) is 31.2 Å². The summed E-state index contributed by atoms with van der Waals surface area (Å²) in [7, 11) is -3.42. The number of hydrogen-bond donors (Lipinski definition) is 0. The maximum absolute atomic E-state index is 13.0. The highest BCUT2D eigenvalue weighted by atomic mass is 32.2. The Balaban J connectivity index is 1.41. The molecule has 3 atom stereocenters. The lowest BCUT2D eigenvalue weighted by Gasteiger charge is -2.26. The van der Waals surface area contributed by atoms with Crippen molar-refractivity contribution in [3.8, 4) is 0 Å². The zero-order valence-corrected chi connectivity index (χ0v) is 15.7. The van der Waals surface area contributed by atoms with Gasteiger partial charge in [-0.3, -0.25) is 0 Å². The molecule has 0 spiro atoms. The second-order valence-electron chi connectivity index (χ2n) is 7.68. The van der Waals surface area contributed by atoms with Crippen LogP contribution in [0.2, 0.25) is 0 Å². The van der Waals surface area contributed by atoms with Crippen LogP contribution in [0, 0.1) is 12.8 Å². The Kier molecular flexibility index (Phi) is 4.88. The van der Waals surface area contributed by atoms with Crippen molar-refractivity contribution in [3.05, 3.63) is 29.8 Å². The third-order valence-corrected chi connectivity index (χ3v) is 7.91. The molecule has 0 unspecified atom stereocenters. The lowest BCUT2D eigenvalue weighted by atomic mass is 10.1. The summed E-state index contributed by atoms with van der Waals surface area (Å²) in [5.74, 6) is 0.351. The van der Waals surface area contributed by atoms with Crippen molar-refractivity contribution in [1.82, 2.24) is 9.21 Å². The first-order valence-corrected chi connectivity index (χ1v) is 10.9. The summed E-state index contributed by atoms with van der Waals surface area (Å²) in [4.78, 5) is 2.85. The van der Waals surface area contributed by atoms with Crippen LogP contribution in [0.25, 0.3) is 0 Å². The molecule has 1 aromatic carbocycles. The molecular weight excluding hydrogens is 336 g/mol. The maximum atomic E-state index is 13.0. The SMILES string of the molecule is Cc1ccc(S(=O)(=O)N2C[C@H]3CC[C@H]2[C@@H]3OCCN2CCCC2)cc1. The van der Waals surface area contributed by atoms with Gasteiger partial charge in [-0.05, 0) is 57.8 Å². The Bertz CT molecular complexity index is 698. The van der Waals surface area contributed by atoms with Crippen molar-refractivity contribution >= 4 is 10.0 Å². The second kappa shape index (κ2) is 6.99. The highest BCUT2D eigenvalue weighted by Crippen LogP contribution is 2.42. The first-order chi connectivity index (χ1) is 12.1. The largest absolute Gasteiger partial charge is 0.375 e. The molecule has 2 aliphatic heterocycles. The highest BCUT2D eigenvalue weighted by molar-refractivity contribution is 7.89. The maximum Gasteiger partial charge on any atom is 0.243 e. The summed E-state index contributed by atoms with van der Waals surface area (Å²) in [6, 6.07) is 7.19. The Morgan fingerprint density at radius 2 is 1.84 bits per heavy atom. The van der Waals surface area contributed by atoms with Crippen molar-refractivity contribution < 1.29 is 13.2 Å². The van der Waals surface area contributed by atoms with Gasteiger partial charge in [-0.15, -0.1) is 0 Å². The van der Waals surface area contributed by atoms with Crippen LogP contribution in [0.5, 0.6) is 0 Å². The van der Waals surface area contributed by atoms with Crippen LogP contribution in [0.15, 0.2) is 29.2 Å². The first-order valence-electron chi connectivity index (χ1n) is 9.48. The van der Waals surface area contributed by atoms with Gasteiger partial charge >= 0.3 is 0 Å². The molecule has 0 aromatic heterocycles. The van der Waals surface area contributed by atoms with E-state index in [4.69, 9.17) is 4.74 Å². The van der Waals surface area contributed by atoms with E-state index in [1.54, 1.807) is 16.4 Å². The summed E-state index contributed by atoms with van der Waals surface area (Å²) < 4.78 is 33.9. The van der Waals surface area contributed by atoms with Crippen molar-refractivity contribution in [3.63, 3.8) is 0 Å². The number of benzene rings is 1. The van der Waals surface area contributed by atoms with Crippen LogP contribution in [-0.4, -0.2) is 62.6 Å². The van der Waals surface area contributed by atoms with Crippen LogP contribution in [-0.2, 0) is 14.8 Å². The molecule has 2 heterocycles. The monoisotopic (exact) mass is 364 g/mol. The van der Waals surface area contributed by atoms with Gasteiger partial charge in [-0.1, -0.05) is 17.7 Å². The molecule has 0 radical (unpaired) electrons. The van der Waals surface area contributed by atoms with Gasteiger partial charge in [0.25, 0.3) is 0 Å². The van der Waals surface area contributed by atoms with Crippen LogP contribution in [0.4, 0.5) is 0 Å². The van der Waals surface area contributed by atoms with Crippen molar-refractivity contribution in [2.75, 3.05) is 32.8 Å². The van der Waals surface area contributed by atoms with Gasteiger partial charge in [0.15, 0.2) is 0 Å². The number of aryl methyl sites for hydroxylation is 1. The molecule has 3 aliphatic rings. The van der Waals surface area contributed by atoms with Gasteiger partial charge in [-0.2, -0.15) is 4.31 Å². The number of fused-ring (bicyclic) bond motifs is 2. The summed E-state index contributed by atoms with van der Waals surface area (Å²) in [5.41, 5.74) is 1.07. The van der Waals surface area contributed by atoms with E-state index in [0.717, 1.165) is 31.6 Å². The van der Waals surface area contributed by atoms with E-state index in [2.05, 4.69) is 4.90 Å². The molecule has 1 saturated carbocycles. The summed E-state index contributed by atoms with van der Waals surface area (Å²) >= 11 is 0. The molecule has 138 valence electrons. The van der Waals surface area contributed by atoms with Gasteiger partial charge in [0.2, 0.25) is 10.0 Å². The Labute approximate surface area is 151 Å². The molecule has 25 heavy (non-hydrogen) atoms. The minimum absolute atomic E-state index is 0.00915. The third kappa shape index (κ3) is 3.37. The summed E-state index contributed by atoms with van der Waals surface area (Å²) in [5, 5.41) is 0. The van der Waals surface area contributed by atoms with E-state index in [1.807, 2.05) is 19.1 Å². The number of nitrogens with zero attached hydrogens (tertiary/aromatic N) is 2. The van der Waals surface area contributed by atoms with Gasteiger partial charge in [0.1, 0.15) is 0 Å². The lowest BCUT2D eigenvalue weighted by molar-refractivity contribution is 0.0234. The molecule has 1 aliphatic carbocycles. The molecular formula is C19H28N2O3S. The van der Waals surface area contributed by atoms with Gasteiger partial charge < -0.3 is 9.64 Å². The minimum Gasteiger partial charge on any atom is -0.375 e. The standard InChI is InChI=1S/C19H28N2O3S/c1-15-4-7-17(8-5-15)25(22,23)21-14-16-6-9-18(21)19(16)24-13-12-20-10-2-3-11-20/h4-5,7-8,16,18-19H,2-3,6,9-14H2,1H3/t16-,18+,19-/m1/s1. The molecule has 6 heteroatoms. The molecule has 5 nitrogen and oxygen atoms in total. The zero-order valence-electron chi connectivity index (χ0n) is 14.9. The van der Waals surface area contributed by atoms with Gasteiger partial charge in [0.05, 0.1) is 23.6 Å². The average Bonchev–Trinajstić information content (AvgIpc) is 3.32. The number of likely N-dealkylation sites (tertiary alicyclic amines) is 1. The topological polar surface area (TPSA) is 49.9 Å². The number of rotatable bonds is 6. The fourth-order valence-corrected chi connectivity index (χ4v) is 6.31. The molecule has 3 fully saturated rings. The number of hydrogen-bond acceptors (Lipinski definition) is 4. The summed E-state index contributed by atoms with van der Waals surface area (Å²) in [6.07, 6.45) is 4.65. The smallest absolute Gasteiger partial charge is 0.243 e. The quantitative estimate of drug-likeness (QED) is 0.777. The van der Waals surface area contributed by atoms with E-state index >= 15 is 0 Å². The van der Waals surface area contributed by atoms with Crippen molar-refractivity contribution in [2.45, 2.75) is 49.6 Å². The third-order valence-electron chi connectivity index (χ3n) is 6.01. The Morgan fingerprint density at radius 3 is 2.56 bits per heavy atom. The molecule has 1 aromatic rings. The summed E-state index contributed by atoms with van der Waals surface area (Å²) in [6.45, 7) is 6.62. The predicted octanol–water partition coefficient (Wildman–Crippen LogP) is 2.26. The average molecular weight is 365 g/mol. The van der Waals surface area contributed by atoms with Gasteiger partial charge in [-0.25, -0.2) is 8.42 Å². The molecule has 2 saturated heterocycles. The molecule has 0 amide bonds. The fourth-order valence-electron chi connectivity index (χ4n) is 4.59. The fraction of sp³-hybridized carbons (Fsp3) is 0.684. The zero-order chi connectivity index (χ0) is 17.4. The lowest BCUT2D eigenvalue weighted by Crippen LogP contribution is -2.40. The molecule has 2 bridgehead atoms. The number of sulfonamides is 1. The van der Waals surface area contributed by atoms with Crippen LogP contribution >= 0.6 is 0 Å².